The van der Waals surface area contributed by atoms with Gasteiger partial charge in [-0.1, -0.05) is 115 Å². The van der Waals surface area contributed by atoms with Crippen LogP contribution in [0.25, 0.3) is 0 Å². The van der Waals surface area contributed by atoms with E-state index in [1.54, 1.807) is 0 Å². The second kappa shape index (κ2) is 16.8. The minimum Gasteiger partial charge on any atom is -0.424 e. The molecule has 302 valence electrons. The van der Waals surface area contributed by atoms with E-state index in [-0.39, 0.29) is 12.7 Å². The van der Waals surface area contributed by atoms with Gasteiger partial charge >= 0.3 is 6.16 Å². The van der Waals surface area contributed by atoms with Crippen molar-refractivity contribution in [3.05, 3.63) is 71.8 Å². The lowest BCUT2D eigenvalue weighted by Gasteiger charge is -2.61. The minimum atomic E-state index is -0.705. The Kier molecular flexibility index (Phi) is 12.0. The monoisotopic (exact) mass is 756 g/mol. The van der Waals surface area contributed by atoms with E-state index in [9.17, 15) is 4.79 Å². The number of hydrogen-bond donors (Lipinski definition) is 0. The summed E-state index contributed by atoms with van der Waals surface area (Å²) in [7, 11) is 0. The number of rotatable bonds is 14. The lowest BCUT2D eigenvalue weighted by Crippen LogP contribution is -2.60. The lowest BCUT2D eigenvalue weighted by molar-refractivity contribution is -0.312. The van der Waals surface area contributed by atoms with Gasteiger partial charge < -0.3 is 28.4 Å². The fraction of sp³-hybridized carbons (Fsp3) is 0.729. The smallest absolute Gasteiger partial charge is 0.424 e. The summed E-state index contributed by atoms with van der Waals surface area (Å²) in [6.07, 6.45) is 12.0. The molecule has 2 aromatic rings. The fourth-order valence-electron chi connectivity index (χ4n) is 13.0. The van der Waals surface area contributed by atoms with Gasteiger partial charge in [0.05, 0.1) is 25.9 Å². The van der Waals surface area contributed by atoms with Crippen LogP contribution in [0.2, 0.25) is 0 Å². The van der Waals surface area contributed by atoms with Crippen LogP contribution in [0.5, 0.6) is 0 Å². The van der Waals surface area contributed by atoms with Gasteiger partial charge in [0.2, 0.25) is 0 Å². The summed E-state index contributed by atoms with van der Waals surface area (Å²) in [5, 5.41) is 0. The largest absolute Gasteiger partial charge is 0.509 e. The summed E-state index contributed by atoms with van der Waals surface area (Å²) in [6, 6.07) is 20.2. The molecule has 0 radical (unpaired) electrons. The average molecular weight is 757 g/mol. The second-order valence-corrected chi connectivity index (χ2v) is 19.4. The Balaban J connectivity index is 0.938. The summed E-state index contributed by atoms with van der Waals surface area (Å²) >= 11 is 0. The maximum Gasteiger partial charge on any atom is 0.509 e. The molecule has 0 amide bonds. The van der Waals surface area contributed by atoms with Crippen LogP contribution in [0.3, 0.4) is 0 Å². The summed E-state index contributed by atoms with van der Waals surface area (Å²) in [4.78, 5) is 12.6. The lowest BCUT2D eigenvalue weighted by atomic mass is 9.44. The SMILES string of the molecule is CC(C)CCC[C@@H](C)[C@H]1CC[C@H]2[C@@H]3CC[C@H]4C[C@@H](O[C@@H]5O[C@H](COCc6ccccc6)[C@H]6OC(=O)O[C@@H]6[C@H]5OCc5ccccc5)CC[C@]4(C)[C@H]3CC[C@]12C. The number of fused-ring (bicyclic) bond motifs is 6. The molecule has 4 saturated carbocycles. The molecule has 4 aliphatic carbocycles. The van der Waals surface area contributed by atoms with Gasteiger partial charge in [0, 0.05) is 0 Å². The van der Waals surface area contributed by atoms with Gasteiger partial charge in [0.25, 0.3) is 0 Å². The van der Waals surface area contributed by atoms with Crippen LogP contribution in [0.4, 0.5) is 4.79 Å². The number of carbonyl (C=O) groups is 1. The first-order valence-corrected chi connectivity index (χ1v) is 22.1. The van der Waals surface area contributed by atoms with Crippen molar-refractivity contribution in [1.82, 2.24) is 0 Å². The van der Waals surface area contributed by atoms with Crippen molar-refractivity contribution < 1.29 is 33.2 Å². The molecule has 55 heavy (non-hydrogen) atoms. The zero-order chi connectivity index (χ0) is 38.2. The molecule has 14 atom stereocenters. The Hall–Kier alpha value is -2.45. The molecule has 2 saturated heterocycles. The van der Waals surface area contributed by atoms with E-state index in [0.29, 0.717) is 30.0 Å². The zero-order valence-corrected chi connectivity index (χ0v) is 34.2. The summed E-state index contributed by atoms with van der Waals surface area (Å²) < 4.78 is 38.0. The van der Waals surface area contributed by atoms with Gasteiger partial charge in [-0.05, 0) is 121 Å². The highest BCUT2D eigenvalue weighted by Gasteiger charge is 2.61. The van der Waals surface area contributed by atoms with Gasteiger partial charge in [-0.2, -0.15) is 0 Å². The molecule has 2 aromatic carbocycles. The maximum absolute atomic E-state index is 12.6. The van der Waals surface area contributed by atoms with Crippen molar-refractivity contribution >= 4 is 6.16 Å². The summed E-state index contributed by atoms with van der Waals surface area (Å²) in [5.74, 6) is 5.76. The van der Waals surface area contributed by atoms with Crippen LogP contribution in [0, 0.1) is 52.3 Å². The topological polar surface area (TPSA) is 72.5 Å². The first-order chi connectivity index (χ1) is 26.6. The molecule has 8 rings (SSSR count). The van der Waals surface area contributed by atoms with E-state index in [0.717, 1.165) is 59.5 Å². The molecule has 0 spiro atoms. The summed E-state index contributed by atoms with van der Waals surface area (Å²) in [5.41, 5.74) is 2.99. The van der Waals surface area contributed by atoms with E-state index in [2.05, 4.69) is 34.6 Å². The first kappa shape index (κ1) is 39.4. The second-order valence-electron chi connectivity index (χ2n) is 19.4. The van der Waals surface area contributed by atoms with Crippen LogP contribution < -0.4 is 0 Å². The normalized spacial score (nSPS) is 40.0. The van der Waals surface area contributed by atoms with Crippen LogP contribution in [0.1, 0.15) is 123 Å². The van der Waals surface area contributed by atoms with E-state index < -0.39 is 36.9 Å². The highest BCUT2D eigenvalue weighted by atomic mass is 16.8. The Morgan fingerprint density at radius 2 is 1.45 bits per heavy atom. The van der Waals surface area contributed by atoms with Crippen LogP contribution in [-0.4, -0.2) is 49.6 Å². The van der Waals surface area contributed by atoms with Crippen molar-refractivity contribution in [2.24, 2.45) is 52.3 Å². The molecule has 7 heteroatoms. The van der Waals surface area contributed by atoms with Gasteiger partial charge in [-0.3, -0.25) is 0 Å². The molecule has 6 aliphatic rings. The average Bonchev–Trinajstić information content (AvgIpc) is 3.75. The Bertz CT molecular complexity index is 1550. The van der Waals surface area contributed by atoms with Gasteiger partial charge in [0.1, 0.15) is 12.2 Å². The quantitative estimate of drug-likeness (QED) is 0.140. The molecule has 0 bridgehead atoms. The molecule has 6 fully saturated rings. The maximum atomic E-state index is 12.6. The van der Waals surface area contributed by atoms with E-state index in [4.69, 9.17) is 28.4 Å². The van der Waals surface area contributed by atoms with Crippen LogP contribution in [-0.2, 0) is 41.6 Å². The van der Waals surface area contributed by atoms with Crippen molar-refractivity contribution in [2.45, 2.75) is 162 Å². The van der Waals surface area contributed by atoms with Gasteiger partial charge in [-0.15, -0.1) is 0 Å². The predicted octanol–water partition coefficient (Wildman–Crippen LogP) is 10.9. The molecule has 2 heterocycles. The Morgan fingerprint density at radius 3 is 2.20 bits per heavy atom. The standard InChI is InChI=1S/C48H68O7/c1-31(2)13-12-14-32(3)38-21-22-39-37-20-19-35-27-36(23-25-47(35,4)40(37)24-26-48(38,39)5)52-45-44(51-29-34-17-10-7-11-18-34)43-42(54-46(49)55-43)41(53-45)30-50-28-33-15-8-6-9-16-33/h6-11,15-18,31-32,35-45H,12-14,19-30H2,1-5H3/t32-,35+,36+,37+,38-,39+,40+,41-,42-,43+,44-,45-,47+,48-/m1/s1. The minimum absolute atomic E-state index is 0.0549. The van der Waals surface area contributed by atoms with Crippen molar-refractivity contribution in [3.8, 4) is 0 Å². The first-order valence-electron chi connectivity index (χ1n) is 22.1. The molecule has 0 N–H and O–H groups in total. The van der Waals surface area contributed by atoms with Crippen molar-refractivity contribution in [2.75, 3.05) is 6.61 Å². The number of carbonyl (C=O) groups excluding carboxylic acids is 1. The zero-order valence-electron chi connectivity index (χ0n) is 34.2. The Morgan fingerprint density at radius 1 is 0.764 bits per heavy atom. The number of hydrogen-bond acceptors (Lipinski definition) is 7. The van der Waals surface area contributed by atoms with Gasteiger partial charge in [0.15, 0.2) is 18.5 Å². The predicted molar refractivity (Wildman–Crippen MR) is 213 cm³/mol. The van der Waals surface area contributed by atoms with Crippen LogP contribution in [0.15, 0.2) is 60.7 Å². The number of ether oxygens (including phenoxy) is 6. The molecular weight excluding hydrogens is 689 g/mol. The molecule has 0 aromatic heterocycles. The van der Waals surface area contributed by atoms with Gasteiger partial charge in [-0.25, -0.2) is 4.79 Å². The third-order valence-corrected chi connectivity index (χ3v) is 15.9. The van der Waals surface area contributed by atoms with E-state index >= 15 is 0 Å². The third kappa shape index (κ3) is 8.16. The summed E-state index contributed by atoms with van der Waals surface area (Å²) in [6.45, 7) is 13.7. The molecule has 0 unspecified atom stereocenters. The molecule has 2 aliphatic heterocycles. The highest BCUT2D eigenvalue weighted by Crippen LogP contribution is 2.68. The Labute approximate surface area is 330 Å². The van der Waals surface area contributed by atoms with E-state index in [1.807, 2.05) is 60.7 Å². The van der Waals surface area contributed by atoms with Crippen molar-refractivity contribution in [1.29, 1.82) is 0 Å². The molecular formula is C48H68O7. The highest BCUT2D eigenvalue weighted by molar-refractivity contribution is 5.63. The van der Waals surface area contributed by atoms with E-state index in [1.165, 1.54) is 64.2 Å². The molecule has 7 nitrogen and oxygen atoms in total. The number of benzene rings is 2. The fourth-order valence-corrected chi connectivity index (χ4v) is 13.0. The van der Waals surface area contributed by atoms with Crippen LogP contribution >= 0.6 is 0 Å². The van der Waals surface area contributed by atoms with Crippen molar-refractivity contribution in [3.63, 3.8) is 0 Å². The third-order valence-electron chi connectivity index (χ3n) is 15.9.